The quantitative estimate of drug-likeness (QED) is 0.491. The van der Waals surface area contributed by atoms with Gasteiger partial charge in [0.1, 0.15) is 0 Å². The van der Waals surface area contributed by atoms with Crippen LogP contribution in [0.1, 0.15) is 22.0 Å². The fourth-order valence-electron chi connectivity index (χ4n) is 2.68. The molecule has 2 N–H and O–H groups in total. The third-order valence-corrected chi connectivity index (χ3v) is 5.29. The molecule has 0 fully saturated rings. The van der Waals surface area contributed by atoms with Crippen LogP contribution in [0.15, 0.2) is 53.7 Å². The van der Waals surface area contributed by atoms with Crippen molar-refractivity contribution in [3.05, 3.63) is 66.0 Å². The predicted molar refractivity (Wildman–Crippen MR) is 107 cm³/mol. The van der Waals surface area contributed by atoms with Crippen molar-refractivity contribution in [1.82, 2.24) is 29.5 Å². The topological polar surface area (TPSA) is 144 Å². The van der Waals surface area contributed by atoms with Crippen LogP contribution in [0, 0.1) is 13.8 Å². The number of benzene rings is 1. The van der Waals surface area contributed by atoms with Crippen molar-refractivity contribution in [2.75, 3.05) is 10.0 Å². The number of carbonyl (C=O) groups is 1. The van der Waals surface area contributed by atoms with Gasteiger partial charge in [-0.3, -0.25) is 4.79 Å². The molecule has 0 radical (unpaired) electrons. The Morgan fingerprint density at radius 1 is 1.03 bits per heavy atom. The number of aromatic nitrogens is 6. The number of rotatable bonds is 5. The van der Waals surface area contributed by atoms with Crippen molar-refractivity contribution in [1.29, 1.82) is 0 Å². The summed E-state index contributed by atoms with van der Waals surface area (Å²) in [6.45, 7) is 3.50. The van der Waals surface area contributed by atoms with E-state index in [9.17, 15) is 13.2 Å². The first-order valence-corrected chi connectivity index (χ1v) is 10.2. The molecule has 12 heteroatoms. The van der Waals surface area contributed by atoms with Crippen molar-refractivity contribution in [3.8, 4) is 0 Å². The van der Waals surface area contributed by atoms with Gasteiger partial charge in [-0.15, -0.1) is 5.10 Å². The molecule has 3 aromatic heterocycles. The lowest BCUT2D eigenvalue weighted by atomic mass is 10.3. The Morgan fingerprint density at radius 3 is 2.40 bits per heavy atom. The SMILES string of the molecule is Cc1cc(C)nc(NS(=O)(=O)c2ccc(NC(=O)c3nc4ncccn4n3)cc2)n1. The largest absolute Gasteiger partial charge is 0.319 e. The van der Waals surface area contributed by atoms with Crippen molar-refractivity contribution in [2.45, 2.75) is 18.7 Å². The van der Waals surface area contributed by atoms with Gasteiger partial charge >= 0.3 is 0 Å². The van der Waals surface area contributed by atoms with Crippen molar-refractivity contribution < 1.29 is 13.2 Å². The third kappa shape index (κ3) is 4.07. The van der Waals surface area contributed by atoms with Gasteiger partial charge in [-0.2, -0.15) is 4.98 Å². The normalized spacial score (nSPS) is 11.4. The second kappa shape index (κ2) is 7.48. The maximum Gasteiger partial charge on any atom is 0.295 e. The summed E-state index contributed by atoms with van der Waals surface area (Å²) in [7, 11) is -3.89. The monoisotopic (exact) mass is 424 g/mol. The van der Waals surface area contributed by atoms with Gasteiger partial charge in [0.05, 0.1) is 4.90 Å². The van der Waals surface area contributed by atoms with Crippen molar-refractivity contribution in [2.24, 2.45) is 0 Å². The first-order chi connectivity index (χ1) is 14.3. The van der Waals surface area contributed by atoms with Crippen LogP contribution >= 0.6 is 0 Å². The number of hydrogen-bond acceptors (Lipinski definition) is 8. The van der Waals surface area contributed by atoms with Crippen LogP contribution in [-0.4, -0.2) is 43.9 Å². The fraction of sp³-hybridized carbons (Fsp3) is 0.111. The molecule has 0 aliphatic rings. The zero-order chi connectivity index (χ0) is 21.3. The average molecular weight is 424 g/mol. The van der Waals surface area contributed by atoms with Gasteiger partial charge in [0, 0.05) is 29.5 Å². The summed E-state index contributed by atoms with van der Waals surface area (Å²) in [4.78, 5) is 28.5. The van der Waals surface area contributed by atoms with Crippen LogP contribution in [0.3, 0.4) is 0 Å². The van der Waals surface area contributed by atoms with Crippen LogP contribution in [0.25, 0.3) is 5.78 Å². The van der Waals surface area contributed by atoms with Gasteiger partial charge < -0.3 is 5.32 Å². The van der Waals surface area contributed by atoms with Gasteiger partial charge in [0.25, 0.3) is 21.7 Å². The van der Waals surface area contributed by atoms with E-state index in [2.05, 4.69) is 35.1 Å². The number of nitrogens with one attached hydrogen (secondary N) is 2. The van der Waals surface area contributed by atoms with E-state index in [1.807, 2.05) is 0 Å². The van der Waals surface area contributed by atoms with Crippen molar-refractivity contribution >= 4 is 33.3 Å². The summed E-state index contributed by atoms with van der Waals surface area (Å²) < 4.78 is 28.9. The summed E-state index contributed by atoms with van der Waals surface area (Å²) in [5.41, 5.74) is 1.68. The van der Waals surface area contributed by atoms with E-state index in [0.29, 0.717) is 22.9 Å². The second-order valence-electron chi connectivity index (χ2n) is 6.36. The molecule has 11 nitrogen and oxygen atoms in total. The number of aryl methyl sites for hydroxylation is 2. The fourth-order valence-corrected chi connectivity index (χ4v) is 3.63. The minimum Gasteiger partial charge on any atom is -0.319 e. The minimum atomic E-state index is -3.89. The van der Waals surface area contributed by atoms with E-state index in [0.717, 1.165) is 0 Å². The first kappa shape index (κ1) is 19.4. The molecule has 3 heterocycles. The molecule has 30 heavy (non-hydrogen) atoms. The molecule has 0 bridgehead atoms. The number of amides is 1. The first-order valence-electron chi connectivity index (χ1n) is 8.74. The van der Waals surface area contributed by atoms with Gasteiger partial charge in [-0.05, 0) is 50.2 Å². The molecule has 0 atom stereocenters. The molecule has 0 saturated heterocycles. The molecule has 0 unspecified atom stereocenters. The van der Waals surface area contributed by atoms with Crippen LogP contribution in [0.4, 0.5) is 11.6 Å². The van der Waals surface area contributed by atoms with E-state index in [4.69, 9.17) is 0 Å². The molecular weight excluding hydrogens is 408 g/mol. The minimum absolute atomic E-state index is 0.00156. The van der Waals surface area contributed by atoms with E-state index >= 15 is 0 Å². The van der Waals surface area contributed by atoms with E-state index in [-0.39, 0.29) is 16.7 Å². The molecule has 1 amide bonds. The maximum atomic E-state index is 12.6. The Morgan fingerprint density at radius 2 is 1.73 bits per heavy atom. The molecule has 1 aromatic carbocycles. The summed E-state index contributed by atoms with van der Waals surface area (Å²) in [5, 5.41) is 6.66. The predicted octanol–water partition coefficient (Wildman–Crippen LogP) is 1.58. The van der Waals surface area contributed by atoms with Gasteiger partial charge in [-0.25, -0.2) is 32.6 Å². The Bertz CT molecular complexity index is 1300. The lowest BCUT2D eigenvalue weighted by Crippen LogP contribution is -2.16. The molecule has 0 aliphatic carbocycles. The summed E-state index contributed by atoms with van der Waals surface area (Å²) in [5.74, 6) is -0.308. The summed E-state index contributed by atoms with van der Waals surface area (Å²) in [6.07, 6.45) is 3.17. The van der Waals surface area contributed by atoms with E-state index < -0.39 is 15.9 Å². The van der Waals surface area contributed by atoms with E-state index in [1.165, 1.54) is 28.8 Å². The highest BCUT2D eigenvalue weighted by Gasteiger charge is 2.17. The Labute approximate surface area is 171 Å². The van der Waals surface area contributed by atoms with Gasteiger partial charge in [-0.1, -0.05) is 0 Å². The highest BCUT2D eigenvalue weighted by atomic mass is 32.2. The number of sulfonamides is 1. The lowest BCUT2D eigenvalue weighted by Gasteiger charge is -2.09. The molecule has 152 valence electrons. The summed E-state index contributed by atoms with van der Waals surface area (Å²) >= 11 is 0. The van der Waals surface area contributed by atoms with Crippen molar-refractivity contribution in [3.63, 3.8) is 0 Å². The second-order valence-corrected chi connectivity index (χ2v) is 8.04. The molecule has 4 rings (SSSR count). The molecule has 0 saturated carbocycles. The molecular formula is C18H16N8O3S. The third-order valence-electron chi connectivity index (χ3n) is 3.95. The number of hydrogen-bond donors (Lipinski definition) is 2. The van der Waals surface area contributed by atoms with Crippen LogP contribution in [0.5, 0.6) is 0 Å². The number of nitrogens with zero attached hydrogens (tertiary/aromatic N) is 6. The van der Waals surface area contributed by atoms with Gasteiger partial charge in [0.2, 0.25) is 11.8 Å². The van der Waals surface area contributed by atoms with Crippen LogP contribution in [0.2, 0.25) is 0 Å². The molecule has 0 spiro atoms. The van der Waals surface area contributed by atoms with Gasteiger partial charge in [0.15, 0.2) is 0 Å². The average Bonchev–Trinajstić information content (AvgIpc) is 3.11. The molecule has 4 aromatic rings. The number of carbonyl (C=O) groups excluding carboxylic acids is 1. The highest BCUT2D eigenvalue weighted by Crippen LogP contribution is 2.17. The number of anilines is 2. The zero-order valence-corrected chi connectivity index (χ0v) is 16.8. The number of fused-ring (bicyclic) bond motifs is 1. The van der Waals surface area contributed by atoms with Crippen LogP contribution < -0.4 is 10.0 Å². The Kier molecular flexibility index (Phi) is 4.83. The standard InChI is InChI=1S/C18H16N8O3S/c1-11-10-12(2)21-17(20-11)25-30(28,29)14-6-4-13(5-7-14)22-16(27)15-23-18-19-8-3-9-26(18)24-15/h3-10H,1-2H3,(H,22,27)(H,20,21,25). The smallest absolute Gasteiger partial charge is 0.295 e. The Balaban J connectivity index is 1.49. The lowest BCUT2D eigenvalue weighted by molar-refractivity contribution is 0.101. The van der Waals surface area contributed by atoms with E-state index in [1.54, 1.807) is 38.4 Å². The Hall–Kier alpha value is -3.93. The van der Waals surface area contributed by atoms with Crippen LogP contribution in [-0.2, 0) is 10.0 Å². The highest BCUT2D eigenvalue weighted by molar-refractivity contribution is 7.92. The summed E-state index contributed by atoms with van der Waals surface area (Å²) in [6, 6.07) is 9.05. The zero-order valence-electron chi connectivity index (χ0n) is 15.9. The maximum absolute atomic E-state index is 12.6. The molecule has 0 aliphatic heterocycles.